The first-order valence-electron chi connectivity index (χ1n) is 6.13. The Morgan fingerprint density at radius 1 is 1.62 bits per heavy atom. The summed E-state index contributed by atoms with van der Waals surface area (Å²) in [6.45, 7) is 7.81. The predicted octanol–water partition coefficient (Wildman–Crippen LogP) is 1.12. The number of ether oxygens (including phenoxy) is 1. The van der Waals surface area contributed by atoms with Crippen LogP contribution < -0.4 is 5.73 Å². The van der Waals surface area contributed by atoms with E-state index < -0.39 is 5.54 Å². The van der Waals surface area contributed by atoms with Gasteiger partial charge in [-0.25, -0.2) is 0 Å². The third-order valence-corrected chi connectivity index (χ3v) is 3.43. The second-order valence-corrected chi connectivity index (χ2v) is 4.68. The van der Waals surface area contributed by atoms with E-state index in [1.54, 1.807) is 0 Å². The Kier molecular flexibility index (Phi) is 5.20. The Hall–Kier alpha value is -0.630. The van der Waals surface area contributed by atoms with Gasteiger partial charge in [0.2, 0.25) is 0 Å². The van der Waals surface area contributed by atoms with Crippen molar-refractivity contribution in [2.45, 2.75) is 44.7 Å². The first-order valence-corrected chi connectivity index (χ1v) is 6.13. The molecule has 1 heterocycles. The summed E-state index contributed by atoms with van der Waals surface area (Å²) in [6, 6.07) is 2.70. The predicted molar refractivity (Wildman–Crippen MR) is 63.9 cm³/mol. The third-order valence-electron chi connectivity index (χ3n) is 3.43. The molecule has 2 unspecified atom stereocenters. The molecule has 0 aromatic heterocycles. The summed E-state index contributed by atoms with van der Waals surface area (Å²) >= 11 is 0. The molecule has 2 atom stereocenters. The van der Waals surface area contributed by atoms with Gasteiger partial charge in [-0.3, -0.25) is 4.90 Å². The van der Waals surface area contributed by atoms with Gasteiger partial charge in [-0.15, -0.1) is 0 Å². The fourth-order valence-electron chi connectivity index (χ4n) is 2.00. The average molecular weight is 225 g/mol. The molecule has 0 aromatic carbocycles. The van der Waals surface area contributed by atoms with Gasteiger partial charge >= 0.3 is 0 Å². The third kappa shape index (κ3) is 3.75. The van der Waals surface area contributed by atoms with E-state index in [9.17, 15) is 0 Å². The van der Waals surface area contributed by atoms with Crippen LogP contribution in [0.25, 0.3) is 0 Å². The van der Waals surface area contributed by atoms with E-state index in [0.29, 0.717) is 6.04 Å². The Balaban J connectivity index is 2.27. The van der Waals surface area contributed by atoms with Crippen molar-refractivity contribution in [2.24, 2.45) is 5.73 Å². The Morgan fingerprint density at radius 2 is 2.38 bits per heavy atom. The summed E-state index contributed by atoms with van der Waals surface area (Å²) in [5.41, 5.74) is 5.31. The Bertz CT molecular complexity index is 251. The van der Waals surface area contributed by atoms with Gasteiger partial charge in [0.1, 0.15) is 5.54 Å². The minimum Gasteiger partial charge on any atom is -0.379 e. The van der Waals surface area contributed by atoms with Crippen LogP contribution in [0.4, 0.5) is 0 Å². The van der Waals surface area contributed by atoms with Crippen molar-refractivity contribution in [1.82, 2.24) is 4.90 Å². The molecule has 0 saturated carbocycles. The van der Waals surface area contributed by atoms with Crippen molar-refractivity contribution >= 4 is 0 Å². The Morgan fingerprint density at radius 3 is 2.94 bits per heavy atom. The van der Waals surface area contributed by atoms with E-state index in [4.69, 9.17) is 15.7 Å². The van der Waals surface area contributed by atoms with Gasteiger partial charge in [-0.2, -0.15) is 5.26 Å². The highest BCUT2D eigenvalue weighted by atomic mass is 16.5. The van der Waals surface area contributed by atoms with Crippen LogP contribution in [0.2, 0.25) is 0 Å². The second kappa shape index (κ2) is 6.19. The maximum atomic E-state index is 8.97. The zero-order valence-corrected chi connectivity index (χ0v) is 10.4. The van der Waals surface area contributed by atoms with Crippen LogP contribution in [0.15, 0.2) is 0 Å². The molecular weight excluding hydrogens is 202 g/mol. The lowest BCUT2D eigenvalue weighted by atomic mass is 9.93. The number of nitriles is 1. The van der Waals surface area contributed by atoms with Crippen molar-refractivity contribution in [2.75, 3.05) is 26.3 Å². The molecule has 0 aliphatic carbocycles. The molecule has 0 amide bonds. The largest absolute Gasteiger partial charge is 0.379 e. The fraction of sp³-hybridized carbons (Fsp3) is 0.917. The maximum Gasteiger partial charge on any atom is 0.104 e. The number of nitrogens with two attached hydrogens (primary N) is 1. The quantitative estimate of drug-likeness (QED) is 0.761. The van der Waals surface area contributed by atoms with E-state index in [1.807, 2.05) is 6.92 Å². The van der Waals surface area contributed by atoms with Crippen LogP contribution >= 0.6 is 0 Å². The smallest absolute Gasteiger partial charge is 0.104 e. The van der Waals surface area contributed by atoms with Gasteiger partial charge in [0.05, 0.1) is 19.3 Å². The highest BCUT2D eigenvalue weighted by Gasteiger charge is 2.23. The molecule has 92 valence electrons. The van der Waals surface area contributed by atoms with Crippen molar-refractivity contribution in [3.05, 3.63) is 0 Å². The average Bonchev–Trinajstić information content (AvgIpc) is 2.31. The topological polar surface area (TPSA) is 62.3 Å². The molecule has 1 aliphatic rings. The normalized spacial score (nSPS) is 26.0. The molecule has 0 radical (unpaired) electrons. The summed E-state index contributed by atoms with van der Waals surface area (Å²) < 4.78 is 5.38. The highest BCUT2D eigenvalue weighted by Crippen LogP contribution is 2.15. The van der Waals surface area contributed by atoms with Gasteiger partial charge in [0.25, 0.3) is 0 Å². The lowest BCUT2D eigenvalue weighted by Gasteiger charge is -2.33. The molecule has 1 fully saturated rings. The van der Waals surface area contributed by atoms with E-state index in [0.717, 1.165) is 45.6 Å². The molecular formula is C12H23N3O. The highest BCUT2D eigenvalue weighted by molar-refractivity contribution is 5.03. The van der Waals surface area contributed by atoms with Crippen molar-refractivity contribution < 1.29 is 4.74 Å². The van der Waals surface area contributed by atoms with Crippen LogP contribution in [0, 0.1) is 11.3 Å². The minimum atomic E-state index is -0.629. The summed E-state index contributed by atoms with van der Waals surface area (Å²) in [5.74, 6) is 0. The first-order chi connectivity index (χ1) is 7.61. The van der Waals surface area contributed by atoms with Gasteiger partial charge in [-0.05, 0) is 32.7 Å². The summed E-state index contributed by atoms with van der Waals surface area (Å²) in [7, 11) is 0. The standard InChI is InChI=1S/C12H23N3O/c1-3-12(14,10-13)5-4-6-15-7-8-16-9-11(15)2/h11H,3-9,14H2,1-2H3. The minimum absolute atomic E-state index is 0.490. The number of morpholine rings is 1. The molecule has 1 rings (SSSR count). The zero-order valence-electron chi connectivity index (χ0n) is 10.4. The molecule has 16 heavy (non-hydrogen) atoms. The zero-order chi connectivity index (χ0) is 12.0. The first kappa shape index (κ1) is 13.4. The van der Waals surface area contributed by atoms with Crippen LogP contribution in [0.5, 0.6) is 0 Å². The summed E-state index contributed by atoms with van der Waals surface area (Å²) in [5, 5.41) is 8.97. The number of hydrogen-bond donors (Lipinski definition) is 1. The molecule has 2 N–H and O–H groups in total. The molecule has 0 spiro atoms. The van der Waals surface area contributed by atoms with Crippen molar-refractivity contribution in [3.8, 4) is 6.07 Å². The summed E-state index contributed by atoms with van der Waals surface area (Å²) in [6.07, 6.45) is 2.49. The van der Waals surface area contributed by atoms with Crippen molar-refractivity contribution in [3.63, 3.8) is 0 Å². The SMILES string of the molecule is CCC(N)(C#N)CCCN1CCOCC1C. The molecule has 4 heteroatoms. The van der Waals surface area contributed by atoms with E-state index in [2.05, 4.69) is 17.9 Å². The van der Waals surface area contributed by atoms with E-state index in [-0.39, 0.29) is 0 Å². The monoisotopic (exact) mass is 225 g/mol. The molecule has 0 bridgehead atoms. The molecule has 1 aliphatic heterocycles. The maximum absolute atomic E-state index is 8.97. The number of nitrogens with zero attached hydrogens (tertiary/aromatic N) is 2. The van der Waals surface area contributed by atoms with Crippen LogP contribution in [-0.2, 0) is 4.74 Å². The Labute approximate surface area is 98.4 Å². The second-order valence-electron chi connectivity index (χ2n) is 4.68. The molecule has 1 saturated heterocycles. The molecule has 0 aromatic rings. The van der Waals surface area contributed by atoms with Crippen LogP contribution in [-0.4, -0.2) is 42.8 Å². The van der Waals surface area contributed by atoms with Crippen molar-refractivity contribution in [1.29, 1.82) is 5.26 Å². The van der Waals surface area contributed by atoms with Crippen LogP contribution in [0.1, 0.15) is 33.1 Å². The van der Waals surface area contributed by atoms with Gasteiger partial charge in [-0.1, -0.05) is 6.92 Å². The lowest BCUT2D eigenvalue weighted by molar-refractivity contribution is -0.00128. The summed E-state index contributed by atoms with van der Waals surface area (Å²) in [4.78, 5) is 2.41. The van der Waals surface area contributed by atoms with E-state index >= 15 is 0 Å². The number of hydrogen-bond acceptors (Lipinski definition) is 4. The van der Waals surface area contributed by atoms with E-state index in [1.165, 1.54) is 0 Å². The van der Waals surface area contributed by atoms with Gasteiger partial charge < -0.3 is 10.5 Å². The lowest BCUT2D eigenvalue weighted by Crippen LogP contribution is -2.45. The van der Waals surface area contributed by atoms with Gasteiger partial charge in [0.15, 0.2) is 0 Å². The van der Waals surface area contributed by atoms with Crippen LogP contribution in [0.3, 0.4) is 0 Å². The number of rotatable bonds is 5. The van der Waals surface area contributed by atoms with Gasteiger partial charge in [0, 0.05) is 12.6 Å². The molecule has 4 nitrogen and oxygen atoms in total. The fourth-order valence-corrected chi connectivity index (χ4v) is 2.00.